The van der Waals surface area contributed by atoms with Gasteiger partial charge < -0.3 is 19.4 Å². The van der Waals surface area contributed by atoms with E-state index in [1.54, 1.807) is 6.92 Å². The highest BCUT2D eigenvalue weighted by atomic mass is 16.5. The van der Waals surface area contributed by atoms with E-state index in [1.165, 1.54) is 25.1 Å². The van der Waals surface area contributed by atoms with Gasteiger partial charge >= 0.3 is 5.97 Å². The first-order chi connectivity index (χ1) is 9.88. The molecular weight excluding hydrogens is 276 g/mol. The number of aryl methyl sites for hydroxylation is 1. The SMILES string of the molecule is C=CC(=O)N(C)CC(=O)NCc1cc(C(=O)OC)c(C)o1. The summed E-state index contributed by atoms with van der Waals surface area (Å²) in [5.74, 6) is -0.331. The van der Waals surface area contributed by atoms with Gasteiger partial charge in [0.25, 0.3) is 0 Å². The summed E-state index contributed by atoms with van der Waals surface area (Å²) in [4.78, 5) is 35.5. The Bertz CT molecular complexity index is 562. The lowest BCUT2D eigenvalue weighted by Gasteiger charge is -2.14. The van der Waals surface area contributed by atoms with E-state index in [-0.39, 0.29) is 24.9 Å². The van der Waals surface area contributed by atoms with Crippen LogP contribution in [0.2, 0.25) is 0 Å². The summed E-state index contributed by atoms with van der Waals surface area (Å²) in [6, 6.07) is 1.51. The Morgan fingerprint density at radius 3 is 2.71 bits per heavy atom. The van der Waals surface area contributed by atoms with Crippen molar-refractivity contribution in [2.45, 2.75) is 13.5 Å². The minimum Gasteiger partial charge on any atom is -0.465 e. The minimum atomic E-state index is -0.495. The molecule has 7 heteroatoms. The number of nitrogens with one attached hydrogen (secondary N) is 1. The van der Waals surface area contributed by atoms with Gasteiger partial charge in [-0.25, -0.2) is 4.79 Å². The molecule has 1 N–H and O–H groups in total. The maximum absolute atomic E-state index is 11.7. The molecule has 0 bridgehead atoms. The van der Waals surface area contributed by atoms with Crippen LogP contribution in [0.3, 0.4) is 0 Å². The Hall–Kier alpha value is -2.57. The van der Waals surface area contributed by atoms with Gasteiger partial charge in [0.1, 0.15) is 17.1 Å². The van der Waals surface area contributed by atoms with Crippen molar-refractivity contribution in [3.05, 3.63) is 35.8 Å². The van der Waals surface area contributed by atoms with Crippen molar-refractivity contribution >= 4 is 17.8 Å². The van der Waals surface area contributed by atoms with Gasteiger partial charge in [0.05, 0.1) is 20.2 Å². The fourth-order valence-electron chi connectivity index (χ4n) is 1.63. The van der Waals surface area contributed by atoms with E-state index in [0.717, 1.165) is 6.08 Å². The number of amides is 2. The second-order valence-corrected chi connectivity index (χ2v) is 4.35. The Morgan fingerprint density at radius 1 is 1.48 bits per heavy atom. The van der Waals surface area contributed by atoms with E-state index in [9.17, 15) is 14.4 Å². The van der Waals surface area contributed by atoms with Crippen LogP contribution in [0, 0.1) is 6.92 Å². The molecule has 21 heavy (non-hydrogen) atoms. The van der Waals surface area contributed by atoms with E-state index in [4.69, 9.17) is 4.42 Å². The van der Waals surface area contributed by atoms with E-state index in [0.29, 0.717) is 17.1 Å². The van der Waals surface area contributed by atoms with Crippen molar-refractivity contribution in [3.8, 4) is 0 Å². The topological polar surface area (TPSA) is 88.9 Å². The number of hydrogen-bond acceptors (Lipinski definition) is 5. The largest absolute Gasteiger partial charge is 0.465 e. The van der Waals surface area contributed by atoms with Crippen LogP contribution in [-0.4, -0.2) is 43.4 Å². The Labute approximate surface area is 122 Å². The Kier molecular flexibility index (Phi) is 5.71. The molecule has 0 aliphatic rings. The van der Waals surface area contributed by atoms with Crippen molar-refractivity contribution in [1.29, 1.82) is 0 Å². The second kappa shape index (κ2) is 7.28. The van der Waals surface area contributed by atoms with E-state index in [2.05, 4.69) is 16.6 Å². The van der Waals surface area contributed by atoms with E-state index in [1.807, 2.05) is 0 Å². The molecule has 2 amide bonds. The average molecular weight is 294 g/mol. The minimum absolute atomic E-state index is 0.0889. The van der Waals surface area contributed by atoms with Gasteiger partial charge in [-0.1, -0.05) is 6.58 Å². The van der Waals surface area contributed by atoms with Crippen molar-refractivity contribution in [2.24, 2.45) is 0 Å². The van der Waals surface area contributed by atoms with E-state index >= 15 is 0 Å². The third-order valence-corrected chi connectivity index (χ3v) is 2.77. The molecule has 1 aromatic heterocycles. The monoisotopic (exact) mass is 294 g/mol. The summed E-state index contributed by atoms with van der Waals surface area (Å²) in [5.41, 5.74) is 0.320. The highest BCUT2D eigenvalue weighted by Crippen LogP contribution is 2.15. The predicted molar refractivity (Wildman–Crippen MR) is 74.5 cm³/mol. The van der Waals surface area contributed by atoms with Gasteiger partial charge in [-0.05, 0) is 19.1 Å². The highest BCUT2D eigenvalue weighted by Gasteiger charge is 2.16. The quantitative estimate of drug-likeness (QED) is 0.614. The summed E-state index contributed by atoms with van der Waals surface area (Å²) in [6.45, 7) is 5.00. The number of carbonyl (C=O) groups excluding carboxylic acids is 3. The lowest BCUT2D eigenvalue weighted by atomic mass is 10.2. The zero-order valence-electron chi connectivity index (χ0n) is 12.3. The Balaban J connectivity index is 2.56. The molecule has 0 saturated heterocycles. The molecule has 0 unspecified atom stereocenters. The highest BCUT2D eigenvalue weighted by molar-refractivity contribution is 5.91. The predicted octanol–water partition coefficient (Wildman–Crippen LogP) is 0.635. The molecule has 114 valence electrons. The molecule has 0 aromatic carbocycles. The Morgan fingerprint density at radius 2 is 2.14 bits per heavy atom. The van der Waals surface area contributed by atoms with Crippen molar-refractivity contribution in [2.75, 3.05) is 20.7 Å². The van der Waals surface area contributed by atoms with Gasteiger partial charge in [0.15, 0.2) is 0 Å². The zero-order valence-corrected chi connectivity index (χ0v) is 12.3. The van der Waals surface area contributed by atoms with Gasteiger partial charge in [0, 0.05) is 7.05 Å². The van der Waals surface area contributed by atoms with Gasteiger partial charge in [-0.2, -0.15) is 0 Å². The summed E-state index contributed by atoms with van der Waals surface area (Å²) in [5, 5.41) is 2.59. The number of furan rings is 1. The molecule has 7 nitrogen and oxygen atoms in total. The maximum atomic E-state index is 11.7. The van der Waals surface area contributed by atoms with Gasteiger partial charge in [-0.3, -0.25) is 9.59 Å². The lowest BCUT2D eigenvalue weighted by molar-refractivity contribution is -0.131. The molecule has 0 aliphatic carbocycles. The van der Waals surface area contributed by atoms with Crippen LogP contribution in [0.25, 0.3) is 0 Å². The first-order valence-corrected chi connectivity index (χ1v) is 6.20. The van der Waals surface area contributed by atoms with Gasteiger partial charge in [0.2, 0.25) is 11.8 Å². The maximum Gasteiger partial charge on any atom is 0.341 e. The molecular formula is C14H18N2O5. The number of likely N-dealkylation sites (N-methyl/N-ethyl adjacent to an activating group) is 1. The second-order valence-electron chi connectivity index (χ2n) is 4.35. The van der Waals surface area contributed by atoms with E-state index < -0.39 is 5.97 Å². The number of hydrogen-bond donors (Lipinski definition) is 1. The fourth-order valence-corrected chi connectivity index (χ4v) is 1.63. The molecule has 0 spiro atoms. The van der Waals surface area contributed by atoms with Crippen LogP contribution in [-0.2, 0) is 20.9 Å². The number of methoxy groups -OCH3 is 1. The number of carbonyl (C=O) groups is 3. The molecule has 0 saturated carbocycles. The van der Waals surface area contributed by atoms with Crippen LogP contribution >= 0.6 is 0 Å². The third kappa shape index (κ3) is 4.48. The smallest absolute Gasteiger partial charge is 0.341 e. The number of rotatable bonds is 6. The molecule has 1 heterocycles. The van der Waals surface area contributed by atoms with Crippen LogP contribution in [0.15, 0.2) is 23.1 Å². The summed E-state index contributed by atoms with van der Waals surface area (Å²) in [6.07, 6.45) is 1.13. The van der Waals surface area contributed by atoms with Crippen LogP contribution in [0.5, 0.6) is 0 Å². The molecule has 0 aliphatic heterocycles. The number of nitrogens with zero attached hydrogens (tertiary/aromatic N) is 1. The van der Waals surface area contributed by atoms with Crippen LogP contribution in [0.4, 0.5) is 0 Å². The van der Waals surface area contributed by atoms with Crippen LogP contribution < -0.4 is 5.32 Å². The molecule has 0 atom stereocenters. The molecule has 0 radical (unpaired) electrons. The van der Waals surface area contributed by atoms with Crippen LogP contribution in [0.1, 0.15) is 21.9 Å². The fraction of sp³-hybridized carbons (Fsp3) is 0.357. The number of esters is 1. The number of ether oxygens (including phenoxy) is 1. The standard InChI is InChI=1S/C14H18N2O5/c1-5-13(18)16(3)8-12(17)15-7-10-6-11(9(2)21-10)14(19)20-4/h5-6H,1,7-8H2,2-4H3,(H,15,17). The normalized spacial score (nSPS) is 9.86. The summed E-state index contributed by atoms with van der Waals surface area (Å²) in [7, 11) is 2.78. The molecule has 1 rings (SSSR count). The summed E-state index contributed by atoms with van der Waals surface area (Å²) < 4.78 is 9.96. The first kappa shape index (κ1) is 16.5. The average Bonchev–Trinajstić information content (AvgIpc) is 2.84. The van der Waals surface area contributed by atoms with Crippen molar-refractivity contribution < 1.29 is 23.5 Å². The van der Waals surface area contributed by atoms with Crippen molar-refractivity contribution in [1.82, 2.24) is 10.2 Å². The molecule has 0 fully saturated rings. The summed E-state index contributed by atoms with van der Waals surface area (Å²) >= 11 is 0. The third-order valence-electron chi connectivity index (χ3n) is 2.77. The lowest BCUT2D eigenvalue weighted by Crippen LogP contribution is -2.37. The first-order valence-electron chi connectivity index (χ1n) is 6.20. The zero-order chi connectivity index (χ0) is 16.0. The molecule has 1 aromatic rings. The van der Waals surface area contributed by atoms with Crippen molar-refractivity contribution in [3.63, 3.8) is 0 Å². The van der Waals surface area contributed by atoms with Gasteiger partial charge in [-0.15, -0.1) is 0 Å².